The van der Waals surface area contributed by atoms with E-state index in [2.05, 4.69) is 0 Å². The van der Waals surface area contributed by atoms with Crippen molar-refractivity contribution in [1.29, 1.82) is 0 Å². The van der Waals surface area contributed by atoms with E-state index in [1.54, 1.807) is 26.2 Å². The van der Waals surface area contributed by atoms with Gasteiger partial charge in [-0.3, -0.25) is 9.59 Å². The van der Waals surface area contributed by atoms with E-state index < -0.39 is 0 Å². The summed E-state index contributed by atoms with van der Waals surface area (Å²) < 4.78 is 21.4. The van der Waals surface area contributed by atoms with Crippen LogP contribution in [0, 0.1) is 5.92 Å². The van der Waals surface area contributed by atoms with E-state index in [-0.39, 0.29) is 11.9 Å². The van der Waals surface area contributed by atoms with Crippen molar-refractivity contribution in [2.24, 2.45) is 5.92 Å². The highest BCUT2D eigenvalue weighted by molar-refractivity contribution is 5.73. The molecular weight excluding hydrogens is 338 g/mol. The lowest BCUT2D eigenvalue weighted by atomic mass is 9.99. The number of carbonyl (C=O) groups excluding carboxylic acids is 2. The number of rotatable bonds is 9. The van der Waals surface area contributed by atoms with Crippen molar-refractivity contribution >= 4 is 12.4 Å². The summed E-state index contributed by atoms with van der Waals surface area (Å²) in [5, 5.41) is 0. The fraction of sp³-hybridized carbons (Fsp3) is 0.579. The van der Waals surface area contributed by atoms with Crippen LogP contribution in [0.15, 0.2) is 12.1 Å². The minimum atomic E-state index is -0.221. The lowest BCUT2D eigenvalue weighted by molar-refractivity contribution is -0.150. The number of carbonyl (C=O) groups is 2. The predicted octanol–water partition coefficient (Wildman–Crippen LogP) is 2.06. The summed E-state index contributed by atoms with van der Waals surface area (Å²) in [6, 6.07) is 3.79. The number of aryl methyl sites for hydroxylation is 1. The Bertz CT molecular complexity index is 593. The summed E-state index contributed by atoms with van der Waals surface area (Å²) in [6.07, 6.45) is 3.81. The Hall–Kier alpha value is -2.44. The maximum atomic E-state index is 12.1. The third-order valence-electron chi connectivity index (χ3n) is 4.51. The van der Waals surface area contributed by atoms with Gasteiger partial charge >= 0.3 is 5.97 Å². The van der Waals surface area contributed by atoms with Crippen LogP contribution in [0.4, 0.5) is 0 Å². The minimum Gasteiger partial charge on any atom is -0.493 e. The monoisotopic (exact) mass is 365 g/mol. The van der Waals surface area contributed by atoms with Gasteiger partial charge in [-0.05, 0) is 43.4 Å². The van der Waals surface area contributed by atoms with Gasteiger partial charge in [0.1, 0.15) is 0 Å². The molecule has 1 saturated heterocycles. The molecule has 7 nitrogen and oxygen atoms in total. The average molecular weight is 365 g/mol. The number of methoxy groups -OCH3 is 3. The SMILES string of the molecule is COc1cc(CCCOC(=O)C2CCCN(C=O)C2)cc(OC)c1OC. The van der Waals surface area contributed by atoms with Crippen LogP contribution in [0.1, 0.15) is 24.8 Å². The van der Waals surface area contributed by atoms with E-state index in [4.69, 9.17) is 18.9 Å². The molecular formula is C19H27NO6. The molecule has 0 bridgehead atoms. The predicted molar refractivity (Wildman–Crippen MR) is 95.7 cm³/mol. The van der Waals surface area contributed by atoms with Gasteiger partial charge in [0.2, 0.25) is 12.2 Å². The normalized spacial score (nSPS) is 16.7. The molecule has 1 unspecified atom stereocenters. The van der Waals surface area contributed by atoms with E-state index in [1.165, 1.54) is 0 Å². The van der Waals surface area contributed by atoms with E-state index in [1.807, 2.05) is 12.1 Å². The van der Waals surface area contributed by atoms with Crippen LogP contribution in [0.25, 0.3) is 0 Å². The van der Waals surface area contributed by atoms with Crippen molar-refractivity contribution in [2.75, 3.05) is 41.0 Å². The number of esters is 1. The van der Waals surface area contributed by atoms with Gasteiger partial charge < -0.3 is 23.8 Å². The van der Waals surface area contributed by atoms with Crippen LogP contribution in [0.5, 0.6) is 17.2 Å². The zero-order chi connectivity index (χ0) is 18.9. The highest BCUT2D eigenvalue weighted by Gasteiger charge is 2.26. The van der Waals surface area contributed by atoms with Gasteiger partial charge in [-0.2, -0.15) is 0 Å². The molecule has 0 saturated carbocycles. The van der Waals surface area contributed by atoms with Crippen LogP contribution in [-0.2, 0) is 20.7 Å². The second-order valence-corrected chi connectivity index (χ2v) is 6.24. The fourth-order valence-electron chi connectivity index (χ4n) is 3.14. The molecule has 144 valence electrons. The molecule has 0 aliphatic carbocycles. The van der Waals surface area contributed by atoms with Crippen LogP contribution < -0.4 is 14.2 Å². The Labute approximate surface area is 154 Å². The smallest absolute Gasteiger partial charge is 0.310 e. The van der Waals surface area contributed by atoms with E-state index in [0.29, 0.717) is 43.4 Å². The van der Waals surface area contributed by atoms with Crippen LogP contribution >= 0.6 is 0 Å². The Balaban J connectivity index is 1.84. The van der Waals surface area contributed by atoms with Crippen molar-refractivity contribution in [2.45, 2.75) is 25.7 Å². The zero-order valence-electron chi connectivity index (χ0n) is 15.7. The summed E-state index contributed by atoms with van der Waals surface area (Å²) in [7, 11) is 4.72. The summed E-state index contributed by atoms with van der Waals surface area (Å²) in [5.74, 6) is 1.34. The topological polar surface area (TPSA) is 74.3 Å². The first kappa shape index (κ1) is 19.9. The molecule has 1 amide bonds. The second kappa shape index (κ2) is 9.89. The van der Waals surface area contributed by atoms with E-state index in [9.17, 15) is 9.59 Å². The first-order valence-corrected chi connectivity index (χ1v) is 8.77. The van der Waals surface area contributed by atoms with E-state index in [0.717, 1.165) is 31.2 Å². The molecule has 0 N–H and O–H groups in total. The fourth-order valence-corrected chi connectivity index (χ4v) is 3.14. The summed E-state index contributed by atoms with van der Waals surface area (Å²) >= 11 is 0. The molecule has 2 rings (SSSR count). The molecule has 0 aromatic heterocycles. The van der Waals surface area contributed by atoms with Crippen LogP contribution in [0.3, 0.4) is 0 Å². The van der Waals surface area contributed by atoms with E-state index >= 15 is 0 Å². The quantitative estimate of drug-likeness (QED) is 0.379. The Morgan fingerprint density at radius 3 is 2.46 bits per heavy atom. The molecule has 0 spiro atoms. The number of likely N-dealkylation sites (tertiary alicyclic amines) is 1. The highest BCUT2D eigenvalue weighted by atomic mass is 16.5. The van der Waals surface area contributed by atoms with Gasteiger partial charge in [0.25, 0.3) is 0 Å². The number of piperidine rings is 1. The zero-order valence-corrected chi connectivity index (χ0v) is 15.7. The Kier molecular flexibility index (Phi) is 7.56. The maximum Gasteiger partial charge on any atom is 0.310 e. The van der Waals surface area contributed by atoms with Crippen molar-refractivity contribution < 1.29 is 28.5 Å². The molecule has 1 atom stereocenters. The molecule has 1 aromatic rings. The summed E-state index contributed by atoms with van der Waals surface area (Å²) in [6.45, 7) is 1.51. The molecule has 1 aliphatic rings. The minimum absolute atomic E-state index is 0.213. The molecule has 7 heteroatoms. The van der Waals surface area contributed by atoms with Crippen molar-refractivity contribution in [3.05, 3.63) is 17.7 Å². The number of ether oxygens (including phenoxy) is 4. The number of amides is 1. The third kappa shape index (κ3) is 5.03. The number of hydrogen-bond donors (Lipinski definition) is 0. The number of nitrogens with zero attached hydrogens (tertiary/aromatic N) is 1. The first-order valence-electron chi connectivity index (χ1n) is 8.77. The summed E-state index contributed by atoms with van der Waals surface area (Å²) in [4.78, 5) is 24.6. The number of benzene rings is 1. The van der Waals surface area contributed by atoms with Gasteiger partial charge in [-0.1, -0.05) is 0 Å². The lowest BCUT2D eigenvalue weighted by Crippen LogP contribution is -2.38. The van der Waals surface area contributed by atoms with Crippen molar-refractivity contribution in [3.8, 4) is 17.2 Å². The van der Waals surface area contributed by atoms with Crippen LogP contribution in [0.2, 0.25) is 0 Å². The molecule has 1 fully saturated rings. The lowest BCUT2D eigenvalue weighted by Gasteiger charge is -2.28. The van der Waals surface area contributed by atoms with Crippen LogP contribution in [-0.4, -0.2) is 58.3 Å². The summed E-state index contributed by atoms with van der Waals surface area (Å²) in [5.41, 5.74) is 1.01. The van der Waals surface area contributed by atoms with Gasteiger partial charge in [0.05, 0.1) is 33.9 Å². The van der Waals surface area contributed by atoms with Gasteiger partial charge in [0.15, 0.2) is 11.5 Å². The van der Waals surface area contributed by atoms with Gasteiger partial charge in [0, 0.05) is 13.1 Å². The van der Waals surface area contributed by atoms with Gasteiger partial charge in [-0.25, -0.2) is 0 Å². The standard InChI is InChI=1S/C19H27NO6/c1-23-16-10-14(11-17(24-2)18(16)25-3)6-5-9-26-19(22)15-7-4-8-20(12-15)13-21/h10-11,13,15H,4-9,12H2,1-3H3. The average Bonchev–Trinajstić information content (AvgIpc) is 2.70. The second-order valence-electron chi connectivity index (χ2n) is 6.24. The molecule has 26 heavy (non-hydrogen) atoms. The Morgan fingerprint density at radius 2 is 1.88 bits per heavy atom. The third-order valence-corrected chi connectivity index (χ3v) is 4.51. The number of hydrogen-bond acceptors (Lipinski definition) is 6. The molecule has 1 aliphatic heterocycles. The molecule has 1 aromatic carbocycles. The maximum absolute atomic E-state index is 12.1. The van der Waals surface area contributed by atoms with Gasteiger partial charge in [-0.15, -0.1) is 0 Å². The largest absolute Gasteiger partial charge is 0.493 e. The van der Waals surface area contributed by atoms with Crippen molar-refractivity contribution in [1.82, 2.24) is 4.90 Å². The Morgan fingerprint density at radius 1 is 1.19 bits per heavy atom. The van der Waals surface area contributed by atoms with Crippen molar-refractivity contribution in [3.63, 3.8) is 0 Å². The molecule has 1 heterocycles. The first-order chi connectivity index (χ1) is 12.6. The molecule has 0 radical (unpaired) electrons. The highest BCUT2D eigenvalue weighted by Crippen LogP contribution is 2.38.